The van der Waals surface area contributed by atoms with Gasteiger partial charge in [0.05, 0.1) is 5.60 Å². The molecule has 0 aromatic rings. The van der Waals surface area contributed by atoms with Gasteiger partial charge in [-0.25, -0.2) is 0 Å². The summed E-state index contributed by atoms with van der Waals surface area (Å²) in [6.45, 7) is 3.38. The first kappa shape index (κ1) is 8.21. The molecule has 1 saturated heterocycles. The molecule has 3 N–H and O–H groups in total. The molecule has 0 radical (unpaired) electrons. The fourth-order valence-corrected chi connectivity index (χ4v) is 3.34. The number of hydrogen-bond acceptors (Lipinski definition) is 3. The highest BCUT2D eigenvalue weighted by Crippen LogP contribution is 2.60. The Hall–Kier alpha value is -0.120. The summed E-state index contributed by atoms with van der Waals surface area (Å²) in [5.74, 6) is 0. The molecular formula is C10H18N2O. The van der Waals surface area contributed by atoms with E-state index < -0.39 is 0 Å². The fraction of sp³-hybridized carbons (Fsp3) is 1.00. The molecule has 3 aliphatic carbocycles. The van der Waals surface area contributed by atoms with E-state index in [2.05, 4.69) is 17.6 Å². The zero-order valence-electron chi connectivity index (χ0n) is 8.14. The summed E-state index contributed by atoms with van der Waals surface area (Å²) in [6.07, 6.45) is 4.21. The van der Waals surface area contributed by atoms with E-state index in [0.717, 1.165) is 25.8 Å². The van der Waals surface area contributed by atoms with Gasteiger partial charge in [0.2, 0.25) is 0 Å². The zero-order valence-corrected chi connectivity index (χ0v) is 8.14. The monoisotopic (exact) mass is 182 g/mol. The van der Waals surface area contributed by atoms with Gasteiger partial charge in [-0.3, -0.25) is 0 Å². The predicted octanol–water partition coefficient (Wildman–Crippen LogP) is -0.00620. The van der Waals surface area contributed by atoms with E-state index in [4.69, 9.17) is 0 Å². The van der Waals surface area contributed by atoms with Crippen LogP contribution in [0.15, 0.2) is 0 Å². The smallest absolute Gasteiger partial charge is 0.0700 e. The lowest BCUT2D eigenvalue weighted by Crippen LogP contribution is -2.79. The number of hydrogen-bond donors (Lipinski definition) is 3. The maximum atomic E-state index is 9.63. The second kappa shape index (κ2) is 2.27. The van der Waals surface area contributed by atoms with Crippen LogP contribution in [0.1, 0.15) is 32.6 Å². The van der Waals surface area contributed by atoms with Crippen LogP contribution < -0.4 is 10.6 Å². The number of nitrogens with one attached hydrogen (secondary N) is 2. The van der Waals surface area contributed by atoms with E-state index in [9.17, 15) is 5.11 Å². The molecule has 1 heterocycles. The van der Waals surface area contributed by atoms with Crippen LogP contribution >= 0.6 is 0 Å². The Morgan fingerprint density at radius 3 is 2.54 bits per heavy atom. The van der Waals surface area contributed by atoms with Crippen molar-refractivity contribution in [2.75, 3.05) is 6.54 Å². The SMILES string of the molecule is C[C@@H]1NCC[C@@H]1NC12CC(O)(C1)C2. The molecule has 0 spiro atoms. The molecule has 4 rings (SSSR count). The van der Waals surface area contributed by atoms with Crippen molar-refractivity contribution < 1.29 is 5.11 Å². The Morgan fingerprint density at radius 1 is 1.38 bits per heavy atom. The van der Waals surface area contributed by atoms with E-state index in [1.54, 1.807) is 0 Å². The molecule has 0 aromatic carbocycles. The highest BCUT2D eigenvalue weighted by atomic mass is 16.3. The summed E-state index contributed by atoms with van der Waals surface area (Å²) in [4.78, 5) is 0. The van der Waals surface area contributed by atoms with Gasteiger partial charge in [-0.1, -0.05) is 0 Å². The zero-order chi connectivity index (χ0) is 9.10. The molecule has 1 aliphatic heterocycles. The molecule has 74 valence electrons. The van der Waals surface area contributed by atoms with Crippen molar-refractivity contribution in [1.29, 1.82) is 0 Å². The average molecular weight is 182 g/mol. The maximum absolute atomic E-state index is 9.63. The molecule has 2 bridgehead atoms. The van der Waals surface area contributed by atoms with Crippen molar-refractivity contribution in [1.82, 2.24) is 10.6 Å². The van der Waals surface area contributed by atoms with Gasteiger partial charge in [-0.15, -0.1) is 0 Å². The lowest BCUT2D eigenvalue weighted by Gasteiger charge is -2.68. The fourth-order valence-electron chi connectivity index (χ4n) is 3.34. The van der Waals surface area contributed by atoms with Gasteiger partial charge in [-0.05, 0) is 39.2 Å². The topological polar surface area (TPSA) is 44.3 Å². The molecule has 3 saturated carbocycles. The summed E-state index contributed by atoms with van der Waals surface area (Å²) in [5, 5.41) is 16.8. The summed E-state index contributed by atoms with van der Waals surface area (Å²) in [7, 11) is 0. The van der Waals surface area contributed by atoms with Crippen molar-refractivity contribution in [2.45, 2.75) is 55.8 Å². The number of aliphatic hydroxyl groups is 1. The first-order valence-electron chi connectivity index (χ1n) is 5.34. The van der Waals surface area contributed by atoms with E-state index in [1.165, 1.54) is 6.42 Å². The molecular weight excluding hydrogens is 164 g/mol. The highest BCUT2D eigenvalue weighted by Gasteiger charge is 2.67. The third-order valence-electron chi connectivity index (χ3n) is 4.02. The Bertz CT molecular complexity index is 221. The second-order valence-corrected chi connectivity index (χ2v) is 5.32. The third kappa shape index (κ3) is 1.07. The second-order valence-electron chi connectivity index (χ2n) is 5.32. The van der Waals surface area contributed by atoms with Gasteiger partial charge in [0.15, 0.2) is 0 Å². The molecule has 4 aliphatic rings. The van der Waals surface area contributed by atoms with Gasteiger partial charge in [0.1, 0.15) is 0 Å². The first-order valence-corrected chi connectivity index (χ1v) is 5.34. The molecule has 3 heteroatoms. The Kier molecular flexibility index (Phi) is 1.43. The minimum atomic E-state index is -0.262. The minimum absolute atomic E-state index is 0.262. The molecule has 13 heavy (non-hydrogen) atoms. The predicted molar refractivity (Wildman–Crippen MR) is 50.5 cm³/mol. The van der Waals surface area contributed by atoms with E-state index in [1.807, 2.05) is 0 Å². The van der Waals surface area contributed by atoms with Crippen molar-refractivity contribution in [3.05, 3.63) is 0 Å². The van der Waals surface area contributed by atoms with Crippen LogP contribution in [0.25, 0.3) is 0 Å². The van der Waals surface area contributed by atoms with Crippen molar-refractivity contribution in [3.63, 3.8) is 0 Å². The summed E-state index contributed by atoms with van der Waals surface area (Å²) < 4.78 is 0. The van der Waals surface area contributed by atoms with Crippen LogP contribution in [-0.4, -0.2) is 34.9 Å². The maximum Gasteiger partial charge on any atom is 0.0700 e. The lowest BCUT2D eigenvalue weighted by atomic mass is 9.46. The highest BCUT2D eigenvalue weighted by molar-refractivity contribution is 5.25. The van der Waals surface area contributed by atoms with Crippen molar-refractivity contribution in [3.8, 4) is 0 Å². The third-order valence-corrected chi connectivity index (χ3v) is 4.02. The summed E-state index contributed by atoms with van der Waals surface area (Å²) >= 11 is 0. The van der Waals surface area contributed by atoms with Crippen LogP contribution in [-0.2, 0) is 0 Å². The van der Waals surface area contributed by atoms with E-state index >= 15 is 0 Å². The average Bonchev–Trinajstić information content (AvgIpc) is 2.31. The standard InChI is InChI=1S/C10H18N2O/c1-7-8(2-3-11-7)12-9-4-10(13,5-9)6-9/h7-8,11-13H,2-6H2,1H3/t7-,8-,9?,10?/m0/s1. The van der Waals surface area contributed by atoms with Crippen molar-refractivity contribution >= 4 is 0 Å². The Balaban J connectivity index is 1.59. The van der Waals surface area contributed by atoms with Crippen molar-refractivity contribution in [2.24, 2.45) is 0 Å². The van der Waals surface area contributed by atoms with Crippen LogP contribution in [0.4, 0.5) is 0 Å². The lowest BCUT2D eigenvalue weighted by molar-refractivity contribution is -0.223. The first-order chi connectivity index (χ1) is 6.11. The van der Waals surface area contributed by atoms with Gasteiger partial charge in [0, 0.05) is 17.6 Å². The number of rotatable bonds is 2. The summed E-state index contributed by atoms with van der Waals surface area (Å²) in [5.41, 5.74) is 0.0714. The molecule has 4 fully saturated rings. The van der Waals surface area contributed by atoms with Gasteiger partial charge in [-0.2, -0.15) is 0 Å². The van der Waals surface area contributed by atoms with Gasteiger partial charge >= 0.3 is 0 Å². The van der Waals surface area contributed by atoms with E-state index in [0.29, 0.717) is 17.6 Å². The van der Waals surface area contributed by atoms with Gasteiger partial charge in [0.25, 0.3) is 0 Å². The van der Waals surface area contributed by atoms with E-state index in [-0.39, 0.29) is 5.60 Å². The molecule has 0 unspecified atom stereocenters. The van der Waals surface area contributed by atoms with Crippen LogP contribution in [0.2, 0.25) is 0 Å². The summed E-state index contributed by atoms with van der Waals surface area (Å²) in [6, 6.07) is 1.23. The van der Waals surface area contributed by atoms with Gasteiger partial charge < -0.3 is 15.7 Å². The molecule has 0 amide bonds. The van der Waals surface area contributed by atoms with Crippen LogP contribution in [0.5, 0.6) is 0 Å². The Labute approximate surface area is 78.9 Å². The normalized spacial score (nSPS) is 58.6. The molecule has 2 atom stereocenters. The molecule has 0 aromatic heterocycles. The Morgan fingerprint density at radius 2 is 2.08 bits per heavy atom. The largest absolute Gasteiger partial charge is 0.390 e. The van der Waals surface area contributed by atoms with Crippen LogP contribution in [0, 0.1) is 0 Å². The van der Waals surface area contributed by atoms with Crippen LogP contribution in [0.3, 0.4) is 0 Å². The minimum Gasteiger partial charge on any atom is -0.390 e. The molecule has 3 nitrogen and oxygen atoms in total. The quantitative estimate of drug-likeness (QED) is 0.563.